The number of carbonyl (C=O) groups is 1. The van der Waals surface area contributed by atoms with Crippen molar-refractivity contribution >= 4 is 23.1 Å². The molecule has 0 saturated heterocycles. The van der Waals surface area contributed by atoms with Crippen LogP contribution in [-0.2, 0) is 0 Å². The fraction of sp³-hybridized carbons (Fsp3) is 0.211. The summed E-state index contributed by atoms with van der Waals surface area (Å²) in [5, 5.41) is 6.19. The van der Waals surface area contributed by atoms with Crippen molar-refractivity contribution in [3.63, 3.8) is 0 Å². The lowest BCUT2D eigenvalue weighted by Crippen LogP contribution is -2.32. The van der Waals surface area contributed by atoms with Crippen LogP contribution < -0.4 is 10.6 Å². The van der Waals surface area contributed by atoms with E-state index in [4.69, 9.17) is 0 Å². The van der Waals surface area contributed by atoms with Crippen LogP contribution in [0.3, 0.4) is 0 Å². The molecule has 0 aliphatic heterocycles. The van der Waals surface area contributed by atoms with Gasteiger partial charge in [-0.25, -0.2) is 13.6 Å². The first kappa shape index (κ1) is 18.1. The number of rotatable bonds is 4. The van der Waals surface area contributed by atoms with E-state index < -0.39 is 17.7 Å². The number of carbonyl (C=O) groups excluding carboxylic acids is 1. The Hall–Kier alpha value is -2.67. The molecule has 0 fully saturated rings. The fourth-order valence-electron chi connectivity index (χ4n) is 2.82. The third-order valence-electron chi connectivity index (χ3n) is 4.21. The monoisotopic (exact) mass is 375 g/mol. The highest BCUT2D eigenvalue weighted by atomic mass is 32.1. The smallest absolute Gasteiger partial charge is 0.319 e. The van der Waals surface area contributed by atoms with E-state index in [0.29, 0.717) is 0 Å². The number of hydrogen-bond acceptors (Lipinski definition) is 2. The highest BCUT2D eigenvalue weighted by Crippen LogP contribution is 2.35. The molecule has 26 heavy (non-hydrogen) atoms. The van der Waals surface area contributed by atoms with Crippen LogP contribution in [0.1, 0.15) is 29.0 Å². The Morgan fingerprint density at radius 1 is 1.19 bits per heavy atom. The standard InChI is InChI=1S/C19H19F2N3OS/c1-11-13(3)26-18(24-8-4-5-9-24)17(11)12(2)22-19(25)23-16-10-14(20)6-7-15(16)21/h4-10,12H,1-3H3,(H2,22,23,25). The van der Waals surface area contributed by atoms with E-state index in [1.54, 1.807) is 11.3 Å². The van der Waals surface area contributed by atoms with Crippen molar-refractivity contribution in [3.8, 4) is 5.00 Å². The molecule has 1 unspecified atom stereocenters. The molecular weight excluding hydrogens is 356 g/mol. The zero-order valence-corrected chi connectivity index (χ0v) is 15.5. The molecule has 2 aromatic heterocycles. The summed E-state index contributed by atoms with van der Waals surface area (Å²) in [5.41, 5.74) is 1.90. The first-order valence-electron chi connectivity index (χ1n) is 8.12. The Bertz CT molecular complexity index is 935. The number of amides is 2. The second-order valence-corrected chi connectivity index (χ2v) is 7.24. The Morgan fingerprint density at radius 2 is 1.88 bits per heavy atom. The summed E-state index contributed by atoms with van der Waals surface area (Å²) in [6.07, 6.45) is 3.90. The minimum atomic E-state index is -0.690. The Labute approximate surface area is 154 Å². The van der Waals surface area contributed by atoms with Crippen molar-refractivity contribution in [2.75, 3.05) is 5.32 Å². The largest absolute Gasteiger partial charge is 0.331 e. The number of hydrogen-bond donors (Lipinski definition) is 2. The zero-order valence-electron chi connectivity index (χ0n) is 14.6. The lowest BCUT2D eigenvalue weighted by Gasteiger charge is -2.17. The van der Waals surface area contributed by atoms with Crippen LogP contribution in [0, 0.1) is 25.5 Å². The molecule has 1 atom stereocenters. The molecule has 0 saturated carbocycles. The molecule has 1 aromatic carbocycles. The average molecular weight is 375 g/mol. The maximum Gasteiger partial charge on any atom is 0.319 e. The van der Waals surface area contributed by atoms with Crippen LogP contribution in [0.2, 0.25) is 0 Å². The molecule has 0 aliphatic rings. The summed E-state index contributed by atoms with van der Waals surface area (Å²) >= 11 is 1.64. The van der Waals surface area contributed by atoms with Gasteiger partial charge in [-0.1, -0.05) is 0 Å². The maximum absolute atomic E-state index is 13.7. The van der Waals surface area contributed by atoms with Gasteiger partial charge in [0, 0.05) is 28.9 Å². The Kier molecular flexibility index (Phi) is 5.08. The molecule has 0 spiro atoms. The van der Waals surface area contributed by atoms with Crippen molar-refractivity contribution < 1.29 is 13.6 Å². The van der Waals surface area contributed by atoms with Crippen LogP contribution in [0.15, 0.2) is 42.7 Å². The number of nitrogens with one attached hydrogen (secondary N) is 2. The maximum atomic E-state index is 13.7. The summed E-state index contributed by atoms with van der Waals surface area (Å²) in [7, 11) is 0. The molecule has 136 valence electrons. The predicted molar refractivity (Wildman–Crippen MR) is 100 cm³/mol. The first-order valence-corrected chi connectivity index (χ1v) is 8.94. The lowest BCUT2D eigenvalue weighted by atomic mass is 10.1. The number of anilines is 1. The van der Waals surface area contributed by atoms with Gasteiger partial charge in [-0.05, 0) is 50.6 Å². The van der Waals surface area contributed by atoms with Crippen LogP contribution in [-0.4, -0.2) is 10.6 Å². The highest BCUT2D eigenvalue weighted by molar-refractivity contribution is 7.14. The second-order valence-electron chi connectivity index (χ2n) is 6.04. The molecule has 3 aromatic rings. The van der Waals surface area contributed by atoms with Gasteiger partial charge in [0.05, 0.1) is 11.7 Å². The van der Waals surface area contributed by atoms with E-state index in [9.17, 15) is 13.6 Å². The van der Waals surface area contributed by atoms with Crippen LogP contribution in [0.25, 0.3) is 5.00 Å². The van der Waals surface area contributed by atoms with Crippen LogP contribution >= 0.6 is 11.3 Å². The van der Waals surface area contributed by atoms with Gasteiger partial charge in [0.25, 0.3) is 0 Å². The minimum Gasteiger partial charge on any atom is -0.331 e. The van der Waals surface area contributed by atoms with Gasteiger partial charge in [0.1, 0.15) is 16.6 Å². The van der Waals surface area contributed by atoms with Crippen molar-refractivity contribution in [1.82, 2.24) is 9.88 Å². The van der Waals surface area contributed by atoms with Crippen LogP contribution in [0.4, 0.5) is 19.3 Å². The number of thiophene rings is 1. The average Bonchev–Trinajstić information content (AvgIpc) is 3.20. The van der Waals surface area contributed by atoms with E-state index in [0.717, 1.165) is 39.2 Å². The van der Waals surface area contributed by atoms with E-state index in [1.165, 1.54) is 0 Å². The predicted octanol–water partition coefficient (Wildman–Crippen LogP) is 5.32. The van der Waals surface area contributed by atoms with Crippen molar-refractivity contribution in [2.24, 2.45) is 0 Å². The summed E-state index contributed by atoms with van der Waals surface area (Å²) in [5.74, 6) is -1.31. The zero-order chi connectivity index (χ0) is 18.8. The lowest BCUT2D eigenvalue weighted by molar-refractivity contribution is 0.249. The van der Waals surface area contributed by atoms with E-state index >= 15 is 0 Å². The molecule has 2 amide bonds. The number of benzene rings is 1. The molecule has 2 heterocycles. The molecule has 7 heteroatoms. The Morgan fingerprint density at radius 3 is 2.58 bits per heavy atom. The molecular formula is C19H19F2N3OS. The summed E-state index contributed by atoms with van der Waals surface area (Å²) in [4.78, 5) is 13.4. The fourth-order valence-corrected chi connectivity index (χ4v) is 4.04. The topological polar surface area (TPSA) is 46.1 Å². The molecule has 0 bridgehead atoms. The van der Waals surface area contributed by atoms with E-state index in [2.05, 4.69) is 10.6 Å². The first-order chi connectivity index (χ1) is 12.4. The number of urea groups is 1. The molecule has 3 rings (SSSR count). The number of aromatic nitrogens is 1. The number of halogens is 2. The molecule has 4 nitrogen and oxygen atoms in total. The van der Waals surface area contributed by atoms with Gasteiger partial charge >= 0.3 is 6.03 Å². The molecule has 0 aliphatic carbocycles. The van der Waals surface area contributed by atoms with Crippen LogP contribution in [0.5, 0.6) is 0 Å². The summed E-state index contributed by atoms with van der Waals surface area (Å²) in [6, 6.07) is 5.90. The second kappa shape index (κ2) is 7.29. The third-order valence-corrected chi connectivity index (χ3v) is 5.44. The van der Waals surface area contributed by atoms with Gasteiger partial charge in [-0.2, -0.15) is 0 Å². The van der Waals surface area contributed by atoms with E-state index in [1.807, 2.05) is 49.9 Å². The quantitative estimate of drug-likeness (QED) is 0.637. The number of aryl methyl sites for hydroxylation is 1. The SMILES string of the molecule is Cc1sc(-n2cccc2)c(C(C)NC(=O)Nc2cc(F)ccc2F)c1C. The minimum absolute atomic E-state index is 0.196. The summed E-state index contributed by atoms with van der Waals surface area (Å²) in [6.45, 7) is 5.91. The van der Waals surface area contributed by atoms with Gasteiger partial charge in [0.15, 0.2) is 0 Å². The van der Waals surface area contributed by atoms with E-state index in [-0.39, 0.29) is 11.7 Å². The molecule has 0 radical (unpaired) electrons. The number of nitrogens with zero attached hydrogens (tertiary/aromatic N) is 1. The van der Waals surface area contributed by atoms with Gasteiger partial charge in [0.2, 0.25) is 0 Å². The third kappa shape index (κ3) is 3.62. The van der Waals surface area contributed by atoms with Gasteiger partial charge < -0.3 is 15.2 Å². The summed E-state index contributed by atoms with van der Waals surface area (Å²) < 4.78 is 29.0. The molecule has 2 N–H and O–H groups in total. The van der Waals surface area contributed by atoms with Gasteiger partial charge in [-0.15, -0.1) is 11.3 Å². The normalized spacial score (nSPS) is 12.0. The highest BCUT2D eigenvalue weighted by Gasteiger charge is 2.21. The van der Waals surface area contributed by atoms with Crippen molar-refractivity contribution in [1.29, 1.82) is 0 Å². The Balaban J connectivity index is 1.81. The van der Waals surface area contributed by atoms with Crippen molar-refractivity contribution in [3.05, 3.63) is 70.4 Å². The van der Waals surface area contributed by atoms with Gasteiger partial charge in [-0.3, -0.25) is 0 Å². The van der Waals surface area contributed by atoms with Crippen molar-refractivity contribution in [2.45, 2.75) is 26.8 Å².